The Morgan fingerprint density at radius 2 is 2.08 bits per heavy atom. The monoisotopic (exact) mass is 363 g/mol. The van der Waals surface area contributed by atoms with Gasteiger partial charge in [0.25, 0.3) is 5.91 Å². The molecular formula is C17H18FN3O3S. The largest absolute Gasteiger partial charge is 0.481 e. The fourth-order valence-electron chi connectivity index (χ4n) is 2.37. The highest BCUT2D eigenvalue weighted by Gasteiger charge is 2.36. The first-order valence-corrected chi connectivity index (χ1v) is 8.65. The summed E-state index contributed by atoms with van der Waals surface area (Å²) in [5.41, 5.74) is 0.899. The first kappa shape index (κ1) is 17.3. The van der Waals surface area contributed by atoms with Crippen molar-refractivity contribution in [1.82, 2.24) is 9.88 Å². The highest BCUT2D eigenvalue weighted by Crippen LogP contribution is 2.24. The number of hydrogen-bond donors (Lipinski definition) is 1. The maximum Gasteiger partial charge on any atom is 0.260 e. The molecule has 0 atom stereocenters. The lowest BCUT2D eigenvalue weighted by atomic mass is 9.99. The predicted molar refractivity (Wildman–Crippen MR) is 92.2 cm³/mol. The van der Waals surface area contributed by atoms with Crippen molar-refractivity contribution in [2.24, 2.45) is 5.92 Å². The lowest BCUT2D eigenvalue weighted by Gasteiger charge is -2.37. The van der Waals surface area contributed by atoms with E-state index in [1.165, 1.54) is 28.4 Å². The number of ether oxygens (including phenoxy) is 1. The molecule has 0 spiro atoms. The van der Waals surface area contributed by atoms with Gasteiger partial charge in [0.15, 0.2) is 23.3 Å². The Kier molecular flexibility index (Phi) is 4.98. The second-order valence-corrected chi connectivity index (χ2v) is 7.07. The maximum absolute atomic E-state index is 13.4. The minimum Gasteiger partial charge on any atom is -0.481 e. The van der Waals surface area contributed by atoms with Crippen LogP contribution >= 0.6 is 11.3 Å². The summed E-state index contributed by atoms with van der Waals surface area (Å²) < 4.78 is 18.6. The number of carbonyl (C=O) groups excluding carboxylic acids is 2. The molecule has 1 aliphatic rings. The smallest absolute Gasteiger partial charge is 0.260 e. The Hall–Kier alpha value is -2.48. The van der Waals surface area contributed by atoms with Gasteiger partial charge in [-0.15, -0.1) is 11.3 Å². The average Bonchev–Trinajstić information content (AvgIpc) is 2.82. The normalized spacial score (nSPS) is 14.1. The molecule has 1 fully saturated rings. The third kappa shape index (κ3) is 3.96. The van der Waals surface area contributed by atoms with Crippen LogP contribution in [0.1, 0.15) is 10.6 Å². The molecule has 2 heterocycles. The van der Waals surface area contributed by atoms with Crippen LogP contribution in [0.5, 0.6) is 5.75 Å². The molecule has 6 nitrogen and oxygen atoms in total. The maximum atomic E-state index is 13.4. The van der Waals surface area contributed by atoms with Crippen molar-refractivity contribution >= 4 is 28.3 Å². The molecule has 3 rings (SSSR count). The lowest BCUT2D eigenvalue weighted by molar-refractivity contribution is -0.143. The number of nitrogens with zero attached hydrogens (tertiary/aromatic N) is 2. The second-order valence-electron chi connectivity index (χ2n) is 5.86. The van der Waals surface area contributed by atoms with Gasteiger partial charge in [0, 0.05) is 18.0 Å². The van der Waals surface area contributed by atoms with E-state index in [2.05, 4.69) is 10.3 Å². The van der Waals surface area contributed by atoms with E-state index < -0.39 is 5.82 Å². The van der Waals surface area contributed by atoms with Gasteiger partial charge < -0.3 is 15.0 Å². The molecule has 0 saturated carbocycles. The zero-order chi connectivity index (χ0) is 18.0. The van der Waals surface area contributed by atoms with Crippen LogP contribution in [-0.4, -0.2) is 41.4 Å². The Morgan fingerprint density at radius 3 is 2.72 bits per heavy atom. The number of rotatable bonds is 5. The van der Waals surface area contributed by atoms with Gasteiger partial charge in [0.05, 0.1) is 11.6 Å². The quantitative estimate of drug-likeness (QED) is 0.885. The molecule has 1 aromatic heterocycles. The Balaban J connectivity index is 1.44. The van der Waals surface area contributed by atoms with Crippen LogP contribution in [0.15, 0.2) is 24.3 Å². The average molecular weight is 363 g/mol. The van der Waals surface area contributed by atoms with E-state index in [4.69, 9.17) is 4.74 Å². The predicted octanol–water partition coefficient (Wildman–Crippen LogP) is 2.37. The number of anilines is 1. The van der Waals surface area contributed by atoms with E-state index in [-0.39, 0.29) is 30.1 Å². The van der Waals surface area contributed by atoms with Crippen molar-refractivity contribution in [3.63, 3.8) is 0 Å². The van der Waals surface area contributed by atoms with E-state index in [1.807, 2.05) is 13.8 Å². The topological polar surface area (TPSA) is 71.5 Å². The van der Waals surface area contributed by atoms with Crippen molar-refractivity contribution in [2.45, 2.75) is 13.8 Å². The van der Waals surface area contributed by atoms with Crippen LogP contribution in [0.4, 0.5) is 9.52 Å². The third-order valence-corrected chi connectivity index (χ3v) is 5.04. The summed E-state index contributed by atoms with van der Waals surface area (Å²) in [4.78, 5) is 31.0. The summed E-state index contributed by atoms with van der Waals surface area (Å²) in [5, 5.41) is 3.36. The van der Waals surface area contributed by atoms with E-state index in [0.29, 0.717) is 18.2 Å². The van der Waals surface area contributed by atoms with Crippen LogP contribution in [0.25, 0.3) is 0 Å². The van der Waals surface area contributed by atoms with Gasteiger partial charge in [-0.3, -0.25) is 9.59 Å². The zero-order valence-electron chi connectivity index (χ0n) is 13.9. The molecule has 1 aliphatic heterocycles. The van der Waals surface area contributed by atoms with E-state index >= 15 is 0 Å². The lowest BCUT2D eigenvalue weighted by Crippen LogP contribution is -2.55. The van der Waals surface area contributed by atoms with Crippen molar-refractivity contribution in [3.8, 4) is 5.75 Å². The number of aromatic nitrogens is 1. The Morgan fingerprint density at radius 1 is 1.36 bits per heavy atom. The molecule has 0 unspecified atom stereocenters. The molecular weight excluding hydrogens is 345 g/mol. The van der Waals surface area contributed by atoms with Gasteiger partial charge in [-0.1, -0.05) is 12.1 Å². The van der Waals surface area contributed by atoms with Gasteiger partial charge in [-0.05, 0) is 26.0 Å². The number of nitrogens with one attached hydrogen (secondary N) is 1. The molecule has 1 N–H and O–H groups in total. The number of benzene rings is 1. The number of hydrogen-bond acceptors (Lipinski definition) is 5. The minimum absolute atomic E-state index is 0.0418. The van der Waals surface area contributed by atoms with Crippen LogP contribution in [0.3, 0.4) is 0 Å². The fourth-order valence-corrected chi connectivity index (χ4v) is 3.19. The van der Waals surface area contributed by atoms with E-state index in [0.717, 1.165) is 10.6 Å². The molecule has 0 aliphatic carbocycles. The van der Waals surface area contributed by atoms with Crippen LogP contribution in [0.2, 0.25) is 0 Å². The summed E-state index contributed by atoms with van der Waals surface area (Å²) in [6.07, 6.45) is 0. The van der Waals surface area contributed by atoms with Crippen molar-refractivity contribution in [1.29, 1.82) is 0 Å². The molecule has 0 bridgehead atoms. The molecule has 0 radical (unpaired) electrons. The molecule has 25 heavy (non-hydrogen) atoms. The van der Waals surface area contributed by atoms with Gasteiger partial charge >= 0.3 is 0 Å². The third-order valence-electron chi connectivity index (χ3n) is 4.05. The standard InChI is InChI=1S/C17H18FN3O3S/c1-10-11(2)25-17(19-10)20-16(23)12-7-21(8-12)15(22)9-24-14-6-4-3-5-13(14)18/h3-6,12H,7-9H2,1-2H3,(H,19,20,23). The summed E-state index contributed by atoms with van der Waals surface area (Å²) in [6.45, 7) is 4.24. The highest BCUT2D eigenvalue weighted by atomic mass is 32.1. The van der Waals surface area contributed by atoms with Gasteiger partial charge in [-0.2, -0.15) is 0 Å². The number of aryl methyl sites for hydroxylation is 2. The summed E-state index contributed by atoms with van der Waals surface area (Å²) in [5.74, 6) is -1.15. The first-order chi connectivity index (χ1) is 11.9. The molecule has 2 aromatic rings. The van der Waals surface area contributed by atoms with Crippen LogP contribution in [0, 0.1) is 25.6 Å². The minimum atomic E-state index is -0.509. The number of likely N-dealkylation sites (tertiary alicyclic amines) is 1. The van der Waals surface area contributed by atoms with Gasteiger partial charge in [0.2, 0.25) is 5.91 Å². The molecule has 8 heteroatoms. The summed E-state index contributed by atoms with van der Waals surface area (Å²) in [6, 6.07) is 5.92. The molecule has 1 saturated heterocycles. The van der Waals surface area contributed by atoms with E-state index in [1.54, 1.807) is 12.1 Å². The van der Waals surface area contributed by atoms with E-state index in [9.17, 15) is 14.0 Å². The number of carbonyl (C=O) groups is 2. The Bertz CT molecular complexity index is 783. The van der Waals surface area contributed by atoms with Gasteiger partial charge in [0.1, 0.15) is 0 Å². The van der Waals surface area contributed by atoms with Crippen molar-refractivity contribution in [2.75, 3.05) is 25.0 Å². The number of thiazole rings is 1. The van der Waals surface area contributed by atoms with Gasteiger partial charge in [-0.25, -0.2) is 9.37 Å². The number of para-hydroxylation sites is 1. The Labute approximate surface area is 148 Å². The fraction of sp³-hybridized carbons (Fsp3) is 0.353. The van der Waals surface area contributed by atoms with Crippen molar-refractivity contribution in [3.05, 3.63) is 40.7 Å². The molecule has 2 amide bonds. The molecule has 132 valence electrons. The number of halogens is 1. The summed E-state index contributed by atoms with van der Waals surface area (Å²) >= 11 is 1.43. The van der Waals surface area contributed by atoms with Crippen molar-refractivity contribution < 1.29 is 18.7 Å². The first-order valence-electron chi connectivity index (χ1n) is 7.84. The second kappa shape index (κ2) is 7.18. The molecule has 1 aromatic carbocycles. The summed E-state index contributed by atoms with van der Waals surface area (Å²) in [7, 11) is 0. The zero-order valence-corrected chi connectivity index (χ0v) is 14.7. The van der Waals surface area contributed by atoms with Crippen LogP contribution < -0.4 is 10.1 Å². The van der Waals surface area contributed by atoms with Crippen LogP contribution in [-0.2, 0) is 9.59 Å². The number of amides is 2. The SMILES string of the molecule is Cc1nc(NC(=O)C2CN(C(=O)COc3ccccc3F)C2)sc1C. The highest BCUT2D eigenvalue weighted by molar-refractivity contribution is 7.15.